The summed E-state index contributed by atoms with van der Waals surface area (Å²) < 4.78 is 11.6. The van der Waals surface area contributed by atoms with Gasteiger partial charge in [-0.1, -0.05) is 0 Å². The van der Waals surface area contributed by atoms with Crippen LogP contribution in [0.15, 0.2) is 0 Å². The number of ether oxygens (including phenoxy) is 2. The summed E-state index contributed by atoms with van der Waals surface area (Å²) in [5.74, 6) is -0.173. The Bertz CT molecular complexity index is 398. The number of hydrogen-bond acceptors (Lipinski definition) is 7. The Morgan fingerprint density at radius 3 is 2.83 bits per heavy atom. The van der Waals surface area contributed by atoms with Gasteiger partial charge in [0.05, 0.1) is 31.3 Å². The normalized spacial score (nSPS) is 34.9. The van der Waals surface area contributed by atoms with Gasteiger partial charge in [0.15, 0.2) is 6.29 Å². The smallest absolute Gasteiger partial charge is 0.222 e. The highest BCUT2D eigenvalue weighted by atomic mass is 16.7. The fourth-order valence-electron chi connectivity index (χ4n) is 3.47. The summed E-state index contributed by atoms with van der Waals surface area (Å²) >= 11 is 0. The molecule has 0 aromatic heterocycles. The first-order chi connectivity index (χ1) is 11.5. The van der Waals surface area contributed by atoms with Gasteiger partial charge in [0.1, 0.15) is 0 Å². The molecule has 6 N–H and O–H groups in total. The summed E-state index contributed by atoms with van der Waals surface area (Å²) in [4.78, 5) is 12.0. The molecule has 0 bridgehead atoms. The Morgan fingerprint density at radius 1 is 1.38 bits per heavy atom. The van der Waals surface area contributed by atoms with Crippen LogP contribution in [-0.4, -0.2) is 73.0 Å². The molecular weight excluding hydrogens is 314 g/mol. The molecule has 6 unspecified atom stereocenters. The van der Waals surface area contributed by atoms with Crippen LogP contribution in [-0.2, 0) is 14.3 Å². The van der Waals surface area contributed by atoms with Crippen LogP contribution in [0, 0.1) is 0 Å². The van der Waals surface area contributed by atoms with Gasteiger partial charge < -0.3 is 36.1 Å². The molecule has 2 rings (SSSR count). The molecule has 140 valence electrons. The average Bonchev–Trinajstić information content (AvgIpc) is 2.94. The first-order valence-electron chi connectivity index (χ1n) is 8.79. The van der Waals surface area contributed by atoms with Gasteiger partial charge >= 0.3 is 0 Å². The minimum absolute atomic E-state index is 0.0116. The van der Waals surface area contributed by atoms with Crippen molar-refractivity contribution in [1.82, 2.24) is 10.6 Å². The van der Waals surface area contributed by atoms with Crippen LogP contribution in [0.3, 0.4) is 0 Å². The molecule has 0 aromatic rings. The second-order valence-electron chi connectivity index (χ2n) is 6.85. The van der Waals surface area contributed by atoms with E-state index in [0.29, 0.717) is 19.4 Å². The van der Waals surface area contributed by atoms with E-state index in [9.17, 15) is 9.90 Å². The lowest BCUT2D eigenvalue weighted by molar-refractivity contribution is -0.175. The number of carbonyl (C=O) groups excluding carboxylic acids is 1. The van der Waals surface area contributed by atoms with E-state index in [4.69, 9.17) is 20.3 Å². The van der Waals surface area contributed by atoms with Crippen LogP contribution in [0.5, 0.6) is 0 Å². The topological polar surface area (TPSA) is 126 Å². The molecule has 2 fully saturated rings. The molecule has 0 aromatic carbocycles. The highest BCUT2D eigenvalue weighted by molar-refractivity contribution is 5.76. The SMILES string of the molecule is CNCC(O)CC(=O)NC1CC(N)CC(OC2CCC(CO)O2)C1. The van der Waals surface area contributed by atoms with Gasteiger partial charge in [-0.2, -0.15) is 0 Å². The zero-order valence-corrected chi connectivity index (χ0v) is 14.3. The first kappa shape index (κ1) is 19.6. The monoisotopic (exact) mass is 345 g/mol. The van der Waals surface area contributed by atoms with Gasteiger partial charge in [0, 0.05) is 25.0 Å². The summed E-state index contributed by atoms with van der Waals surface area (Å²) in [7, 11) is 1.73. The highest BCUT2D eigenvalue weighted by Crippen LogP contribution is 2.27. The zero-order chi connectivity index (χ0) is 17.5. The van der Waals surface area contributed by atoms with Gasteiger partial charge in [-0.25, -0.2) is 0 Å². The first-order valence-corrected chi connectivity index (χ1v) is 8.79. The van der Waals surface area contributed by atoms with Crippen molar-refractivity contribution in [3.63, 3.8) is 0 Å². The van der Waals surface area contributed by atoms with Gasteiger partial charge in [-0.05, 0) is 32.7 Å². The van der Waals surface area contributed by atoms with E-state index in [-0.39, 0.29) is 49.5 Å². The van der Waals surface area contributed by atoms with Crippen molar-refractivity contribution in [3.8, 4) is 0 Å². The maximum Gasteiger partial charge on any atom is 0.222 e. The van der Waals surface area contributed by atoms with Crippen molar-refractivity contribution in [1.29, 1.82) is 0 Å². The number of nitrogens with two attached hydrogens (primary N) is 1. The Morgan fingerprint density at radius 2 is 2.17 bits per heavy atom. The average molecular weight is 345 g/mol. The minimum Gasteiger partial charge on any atom is -0.394 e. The molecule has 24 heavy (non-hydrogen) atoms. The molecule has 1 saturated carbocycles. The van der Waals surface area contributed by atoms with Gasteiger partial charge in [0.2, 0.25) is 5.91 Å². The lowest BCUT2D eigenvalue weighted by Crippen LogP contribution is -2.48. The molecule has 8 heteroatoms. The van der Waals surface area contributed by atoms with Crippen LogP contribution >= 0.6 is 0 Å². The van der Waals surface area contributed by atoms with Crippen LogP contribution in [0.1, 0.15) is 38.5 Å². The Balaban J connectivity index is 1.76. The van der Waals surface area contributed by atoms with Crippen molar-refractivity contribution in [2.24, 2.45) is 5.73 Å². The van der Waals surface area contributed by atoms with E-state index in [1.807, 2.05) is 0 Å². The van der Waals surface area contributed by atoms with Crippen molar-refractivity contribution in [2.45, 2.75) is 75.2 Å². The summed E-state index contributed by atoms with van der Waals surface area (Å²) in [5.41, 5.74) is 6.10. The highest BCUT2D eigenvalue weighted by Gasteiger charge is 2.33. The summed E-state index contributed by atoms with van der Waals surface area (Å²) in [5, 5.41) is 24.6. The van der Waals surface area contributed by atoms with Crippen LogP contribution in [0.4, 0.5) is 0 Å². The molecule has 1 amide bonds. The number of rotatable bonds is 8. The third-order valence-corrected chi connectivity index (χ3v) is 4.54. The van der Waals surface area contributed by atoms with E-state index < -0.39 is 6.10 Å². The van der Waals surface area contributed by atoms with Gasteiger partial charge in [-0.3, -0.25) is 4.79 Å². The maximum absolute atomic E-state index is 12.0. The molecule has 1 aliphatic heterocycles. The van der Waals surface area contributed by atoms with Crippen LogP contribution in [0.2, 0.25) is 0 Å². The predicted molar refractivity (Wildman–Crippen MR) is 88.2 cm³/mol. The van der Waals surface area contributed by atoms with E-state index in [1.54, 1.807) is 7.05 Å². The fraction of sp³-hybridized carbons (Fsp3) is 0.938. The number of amides is 1. The molecule has 1 heterocycles. The van der Waals surface area contributed by atoms with Crippen LogP contribution < -0.4 is 16.4 Å². The largest absolute Gasteiger partial charge is 0.394 e. The third-order valence-electron chi connectivity index (χ3n) is 4.54. The van der Waals surface area contributed by atoms with E-state index in [1.165, 1.54) is 0 Å². The molecular formula is C16H31N3O5. The minimum atomic E-state index is -0.693. The van der Waals surface area contributed by atoms with Crippen molar-refractivity contribution in [2.75, 3.05) is 20.2 Å². The van der Waals surface area contributed by atoms with E-state index in [2.05, 4.69) is 10.6 Å². The maximum atomic E-state index is 12.0. The number of aliphatic hydroxyl groups excluding tert-OH is 2. The van der Waals surface area contributed by atoms with Crippen LogP contribution in [0.25, 0.3) is 0 Å². The zero-order valence-electron chi connectivity index (χ0n) is 14.3. The second-order valence-corrected chi connectivity index (χ2v) is 6.85. The fourth-order valence-corrected chi connectivity index (χ4v) is 3.47. The summed E-state index contributed by atoms with van der Waals surface area (Å²) in [6.45, 7) is 0.395. The Labute approximate surface area is 143 Å². The third kappa shape index (κ3) is 6.27. The molecule has 8 nitrogen and oxygen atoms in total. The summed E-state index contributed by atoms with van der Waals surface area (Å²) in [6, 6.07) is -0.0885. The molecule has 0 radical (unpaired) electrons. The lowest BCUT2D eigenvalue weighted by Gasteiger charge is -2.34. The number of aliphatic hydroxyl groups is 2. The van der Waals surface area contributed by atoms with Crippen molar-refractivity contribution in [3.05, 3.63) is 0 Å². The van der Waals surface area contributed by atoms with Crippen molar-refractivity contribution < 1.29 is 24.5 Å². The predicted octanol–water partition coefficient (Wildman–Crippen LogP) is -1.16. The Kier molecular flexibility index (Phi) is 7.86. The second kappa shape index (κ2) is 9.65. The molecule has 6 atom stereocenters. The number of likely N-dealkylation sites (N-methyl/N-ethyl adjacent to an activating group) is 1. The number of hydrogen-bond donors (Lipinski definition) is 5. The van der Waals surface area contributed by atoms with Crippen molar-refractivity contribution >= 4 is 5.91 Å². The van der Waals surface area contributed by atoms with E-state index >= 15 is 0 Å². The van der Waals surface area contributed by atoms with E-state index in [0.717, 1.165) is 19.3 Å². The quantitative estimate of drug-likeness (QED) is 0.375. The Hall–Kier alpha value is -0.770. The molecule has 1 saturated heterocycles. The number of nitrogens with one attached hydrogen (secondary N) is 2. The number of carbonyl (C=O) groups is 1. The lowest BCUT2D eigenvalue weighted by atomic mass is 9.89. The van der Waals surface area contributed by atoms with Gasteiger partial charge in [-0.15, -0.1) is 0 Å². The molecule has 1 aliphatic carbocycles. The molecule has 0 spiro atoms. The van der Waals surface area contributed by atoms with Gasteiger partial charge in [0.25, 0.3) is 0 Å². The standard InChI is InChI=1S/C16H31N3O5/c1-18-8-12(21)7-15(22)19-11-4-10(17)5-14(6-11)24-16-3-2-13(9-20)23-16/h10-14,16,18,20-21H,2-9,17H2,1H3,(H,19,22). The summed E-state index contributed by atoms with van der Waals surface area (Å²) in [6.07, 6.45) is 2.56. The molecule has 2 aliphatic rings.